The minimum Gasteiger partial charge on any atom is -0.506 e. The Hall–Kier alpha value is -3.00. The molecule has 140 valence electrons. The first-order valence-corrected chi connectivity index (χ1v) is 10.1. The van der Waals surface area contributed by atoms with Crippen molar-refractivity contribution in [2.24, 2.45) is 0 Å². The third-order valence-electron chi connectivity index (χ3n) is 4.67. The Bertz CT molecular complexity index is 1150. The third-order valence-corrected chi connectivity index (χ3v) is 6.54. The summed E-state index contributed by atoms with van der Waals surface area (Å²) >= 11 is 0. The molecule has 0 radical (unpaired) electrons. The molecule has 1 amide bonds. The number of sulfonamides is 1. The summed E-state index contributed by atoms with van der Waals surface area (Å²) in [7, 11) is -3.35. The number of aromatic hydroxyl groups is 1. The second-order valence-corrected chi connectivity index (χ2v) is 8.46. The lowest BCUT2D eigenvalue weighted by molar-refractivity contribution is 0.0997. The van der Waals surface area contributed by atoms with Crippen LogP contribution in [-0.4, -0.2) is 31.7 Å². The number of anilines is 2. The van der Waals surface area contributed by atoms with Crippen LogP contribution in [0.2, 0.25) is 0 Å². The second kappa shape index (κ2) is 6.31. The molecule has 0 atom stereocenters. The average molecular weight is 386 g/mol. The Balaban J connectivity index is 1.66. The molecule has 1 aliphatic heterocycles. The Morgan fingerprint density at radius 1 is 1.22 bits per heavy atom. The first kappa shape index (κ1) is 17.4. The lowest BCUT2D eigenvalue weighted by atomic mass is 10.1. The van der Waals surface area contributed by atoms with Crippen LogP contribution in [0.4, 0.5) is 11.4 Å². The van der Waals surface area contributed by atoms with Gasteiger partial charge in [0.05, 0.1) is 17.1 Å². The molecule has 3 aromatic rings. The van der Waals surface area contributed by atoms with Gasteiger partial charge < -0.3 is 14.8 Å². The average Bonchev–Trinajstić information content (AvgIpc) is 3.16. The molecule has 2 heterocycles. The Kier molecular flexibility index (Phi) is 4.07. The summed E-state index contributed by atoms with van der Waals surface area (Å²) in [6.07, 6.45) is 0.545. The van der Waals surface area contributed by atoms with Gasteiger partial charge in [-0.15, -0.1) is 0 Å². The Morgan fingerprint density at radius 3 is 2.70 bits per heavy atom. The van der Waals surface area contributed by atoms with Crippen LogP contribution in [0.3, 0.4) is 0 Å². The molecule has 1 fully saturated rings. The Morgan fingerprint density at radius 2 is 2.00 bits per heavy atom. The number of carbonyl (C=O) groups is 1. The van der Waals surface area contributed by atoms with E-state index in [2.05, 4.69) is 5.32 Å². The number of benzene rings is 2. The monoisotopic (exact) mass is 386 g/mol. The Labute approximate surface area is 156 Å². The topological polar surface area (TPSA) is 99.9 Å². The van der Waals surface area contributed by atoms with E-state index in [9.17, 15) is 18.3 Å². The van der Waals surface area contributed by atoms with Gasteiger partial charge in [-0.05, 0) is 37.6 Å². The van der Waals surface area contributed by atoms with E-state index in [1.165, 1.54) is 22.5 Å². The summed E-state index contributed by atoms with van der Waals surface area (Å²) < 4.78 is 31.1. The van der Waals surface area contributed by atoms with Crippen molar-refractivity contribution in [1.29, 1.82) is 0 Å². The van der Waals surface area contributed by atoms with Gasteiger partial charge >= 0.3 is 0 Å². The van der Waals surface area contributed by atoms with Crippen LogP contribution in [0.25, 0.3) is 11.0 Å². The SMILES string of the molecule is Cc1c(C(=O)Nc2cc(N3CCCS3(=O)=O)ccc2O)oc2ccccc12. The lowest BCUT2D eigenvalue weighted by Crippen LogP contribution is -2.25. The number of nitrogens with zero attached hydrogens (tertiary/aromatic N) is 1. The zero-order chi connectivity index (χ0) is 19.2. The predicted molar refractivity (Wildman–Crippen MR) is 103 cm³/mol. The normalized spacial score (nSPS) is 16.0. The fourth-order valence-electron chi connectivity index (χ4n) is 3.28. The van der Waals surface area contributed by atoms with E-state index < -0.39 is 15.9 Å². The third kappa shape index (κ3) is 3.02. The van der Waals surface area contributed by atoms with Crippen molar-refractivity contribution in [3.8, 4) is 5.75 Å². The van der Waals surface area contributed by atoms with Crippen LogP contribution in [0.1, 0.15) is 22.5 Å². The van der Waals surface area contributed by atoms with E-state index in [1.54, 1.807) is 13.0 Å². The van der Waals surface area contributed by atoms with Crippen LogP contribution in [0, 0.1) is 6.92 Å². The first-order chi connectivity index (χ1) is 12.9. The number of carbonyl (C=O) groups excluding carboxylic acids is 1. The number of fused-ring (bicyclic) bond motifs is 1. The number of amides is 1. The molecule has 8 heteroatoms. The fourth-order valence-corrected chi connectivity index (χ4v) is 4.84. The smallest absolute Gasteiger partial charge is 0.291 e. The number of phenolic OH excluding ortho intramolecular Hbond substituents is 1. The summed E-state index contributed by atoms with van der Waals surface area (Å²) in [6.45, 7) is 2.16. The fraction of sp³-hybridized carbons (Fsp3) is 0.211. The van der Waals surface area contributed by atoms with E-state index in [0.29, 0.717) is 29.8 Å². The van der Waals surface area contributed by atoms with E-state index in [1.807, 2.05) is 18.2 Å². The molecule has 0 bridgehead atoms. The summed E-state index contributed by atoms with van der Waals surface area (Å²) in [5.74, 6) is -0.430. The molecule has 27 heavy (non-hydrogen) atoms. The van der Waals surface area contributed by atoms with Crippen LogP contribution in [-0.2, 0) is 10.0 Å². The van der Waals surface area contributed by atoms with Gasteiger partial charge in [-0.1, -0.05) is 18.2 Å². The molecular weight excluding hydrogens is 368 g/mol. The highest BCUT2D eigenvalue weighted by Gasteiger charge is 2.29. The van der Waals surface area contributed by atoms with Crippen molar-refractivity contribution in [1.82, 2.24) is 0 Å². The lowest BCUT2D eigenvalue weighted by Gasteiger charge is -2.18. The number of hydrogen-bond acceptors (Lipinski definition) is 5. The summed E-state index contributed by atoms with van der Waals surface area (Å²) in [4.78, 5) is 12.7. The second-order valence-electron chi connectivity index (χ2n) is 6.45. The number of phenols is 1. The molecule has 2 N–H and O–H groups in total. The standard InChI is InChI=1S/C19H18N2O5S/c1-12-14-5-2-3-6-17(14)26-18(12)19(23)20-15-11-13(7-8-16(15)22)21-9-4-10-27(21,24)25/h2-3,5-8,11,22H,4,9-10H2,1H3,(H,20,23). The minimum absolute atomic E-state index is 0.0910. The molecule has 0 saturated carbocycles. The van der Waals surface area contributed by atoms with Gasteiger partial charge in [-0.2, -0.15) is 0 Å². The molecule has 1 saturated heterocycles. The van der Waals surface area contributed by atoms with Crippen LogP contribution in [0.5, 0.6) is 5.75 Å². The van der Waals surface area contributed by atoms with Crippen LogP contribution in [0.15, 0.2) is 46.9 Å². The van der Waals surface area contributed by atoms with Crippen LogP contribution < -0.4 is 9.62 Å². The van der Waals surface area contributed by atoms with Gasteiger partial charge in [0, 0.05) is 17.5 Å². The van der Waals surface area contributed by atoms with Crippen molar-refractivity contribution >= 4 is 38.3 Å². The number of furan rings is 1. The zero-order valence-electron chi connectivity index (χ0n) is 14.6. The molecule has 0 unspecified atom stereocenters. The molecule has 0 spiro atoms. The molecule has 1 aliphatic rings. The van der Waals surface area contributed by atoms with E-state index in [0.717, 1.165) is 5.39 Å². The number of para-hydroxylation sites is 1. The van der Waals surface area contributed by atoms with Crippen molar-refractivity contribution in [2.75, 3.05) is 21.9 Å². The van der Waals surface area contributed by atoms with Gasteiger partial charge in [0.15, 0.2) is 5.76 Å². The molecule has 1 aromatic heterocycles. The molecule has 0 aliphatic carbocycles. The van der Waals surface area contributed by atoms with Gasteiger partial charge in [-0.25, -0.2) is 8.42 Å². The summed E-state index contributed by atoms with van der Waals surface area (Å²) in [5.41, 5.74) is 1.82. The van der Waals surface area contributed by atoms with Crippen molar-refractivity contribution < 1.29 is 22.7 Å². The molecular formula is C19H18N2O5S. The maximum absolute atomic E-state index is 12.7. The molecule has 2 aromatic carbocycles. The number of aryl methyl sites for hydroxylation is 1. The van der Waals surface area contributed by atoms with Crippen molar-refractivity contribution in [2.45, 2.75) is 13.3 Å². The highest BCUT2D eigenvalue weighted by Crippen LogP contribution is 2.33. The van der Waals surface area contributed by atoms with Crippen molar-refractivity contribution in [3.63, 3.8) is 0 Å². The number of nitrogens with one attached hydrogen (secondary N) is 1. The predicted octanol–water partition coefficient (Wildman–Crippen LogP) is 3.24. The van der Waals surface area contributed by atoms with Gasteiger partial charge in [0.2, 0.25) is 10.0 Å². The first-order valence-electron chi connectivity index (χ1n) is 8.50. The minimum atomic E-state index is -3.35. The van der Waals surface area contributed by atoms with Gasteiger partial charge in [-0.3, -0.25) is 9.10 Å². The van der Waals surface area contributed by atoms with Gasteiger partial charge in [0.25, 0.3) is 5.91 Å². The van der Waals surface area contributed by atoms with Crippen molar-refractivity contribution in [3.05, 3.63) is 53.8 Å². The maximum Gasteiger partial charge on any atom is 0.291 e. The molecule has 7 nitrogen and oxygen atoms in total. The van der Waals surface area contributed by atoms with Gasteiger partial charge in [0.1, 0.15) is 11.3 Å². The largest absolute Gasteiger partial charge is 0.506 e. The quantitative estimate of drug-likeness (QED) is 0.673. The van der Waals surface area contributed by atoms with E-state index in [4.69, 9.17) is 4.42 Å². The number of hydrogen-bond donors (Lipinski definition) is 2. The summed E-state index contributed by atoms with van der Waals surface area (Å²) in [5, 5.41) is 13.6. The molecule has 4 rings (SSSR count). The maximum atomic E-state index is 12.7. The van der Waals surface area contributed by atoms with Crippen LogP contribution >= 0.6 is 0 Å². The zero-order valence-corrected chi connectivity index (χ0v) is 15.4. The highest BCUT2D eigenvalue weighted by molar-refractivity contribution is 7.93. The van der Waals surface area contributed by atoms with E-state index in [-0.39, 0.29) is 22.9 Å². The number of rotatable bonds is 3. The summed E-state index contributed by atoms with van der Waals surface area (Å²) in [6, 6.07) is 11.6. The highest BCUT2D eigenvalue weighted by atomic mass is 32.2. The van der Waals surface area contributed by atoms with E-state index >= 15 is 0 Å².